The Bertz CT molecular complexity index is 946. The van der Waals surface area contributed by atoms with Gasteiger partial charge in [-0.05, 0) is 18.9 Å². The summed E-state index contributed by atoms with van der Waals surface area (Å²) in [6, 6.07) is 12.8. The van der Waals surface area contributed by atoms with Crippen LogP contribution in [0.5, 0.6) is 0 Å². The SMILES string of the molecule is CC1=CC=CCC1(C)c1cccc2c1C(=O)c1ccccc1C2=O. The molecule has 2 aromatic rings. The normalized spacial score (nSPS) is 22.0. The van der Waals surface area contributed by atoms with Crippen molar-refractivity contribution in [2.24, 2.45) is 0 Å². The molecule has 0 saturated carbocycles. The fourth-order valence-electron chi connectivity index (χ4n) is 3.79. The second-order valence-corrected chi connectivity index (χ2v) is 6.75. The number of ketones is 2. The maximum atomic E-state index is 13.2. The molecule has 1 atom stereocenters. The predicted molar refractivity (Wildman–Crippen MR) is 94.6 cm³/mol. The molecule has 2 nitrogen and oxygen atoms in total. The zero-order valence-corrected chi connectivity index (χ0v) is 13.8. The lowest BCUT2D eigenvalue weighted by Gasteiger charge is -2.35. The van der Waals surface area contributed by atoms with Crippen molar-refractivity contribution < 1.29 is 9.59 Å². The Morgan fingerprint density at radius 1 is 0.875 bits per heavy atom. The molecule has 0 amide bonds. The second kappa shape index (κ2) is 5.13. The average Bonchev–Trinajstić information content (AvgIpc) is 2.61. The third kappa shape index (κ3) is 1.89. The summed E-state index contributed by atoms with van der Waals surface area (Å²) in [5.74, 6) is -0.0991. The van der Waals surface area contributed by atoms with E-state index in [1.807, 2.05) is 18.2 Å². The van der Waals surface area contributed by atoms with Gasteiger partial charge in [-0.15, -0.1) is 0 Å². The number of benzene rings is 2. The van der Waals surface area contributed by atoms with E-state index in [-0.39, 0.29) is 17.0 Å². The van der Waals surface area contributed by atoms with Crippen molar-refractivity contribution in [1.29, 1.82) is 0 Å². The maximum absolute atomic E-state index is 13.2. The van der Waals surface area contributed by atoms with Crippen molar-refractivity contribution in [3.8, 4) is 0 Å². The highest BCUT2D eigenvalue weighted by atomic mass is 16.1. The van der Waals surface area contributed by atoms with Gasteiger partial charge < -0.3 is 0 Å². The minimum atomic E-state index is -0.262. The highest BCUT2D eigenvalue weighted by molar-refractivity contribution is 6.29. The van der Waals surface area contributed by atoms with Gasteiger partial charge in [-0.2, -0.15) is 0 Å². The van der Waals surface area contributed by atoms with E-state index in [4.69, 9.17) is 0 Å². The summed E-state index contributed by atoms with van der Waals surface area (Å²) in [5.41, 5.74) is 4.02. The van der Waals surface area contributed by atoms with E-state index in [2.05, 4.69) is 32.1 Å². The fraction of sp³-hybridized carbons (Fsp3) is 0.182. The average molecular weight is 314 g/mol. The Morgan fingerprint density at radius 3 is 2.25 bits per heavy atom. The minimum absolute atomic E-state index is 0.0422. The lowest BCUT2D eigenvalue weighted by molar-refractivity contribution is 0.0977. The molecule has 0 spiro atoms. The van der Waals surface area contributed by atoms with Gasteiger partial charge in [0.2, 0.25) is 0 Å². The zero-order valence-electron chi connectivity index (χ0n) is 13.8. The van der Waals surface area contributed by atoms with Crippen molar-refractivity contribution in [2.75, 3.05) is 0 Å². The van der Waals surface area contributed by atoms with Gasteiger partial charge in [0.25, 0.3) is 0 Å². The molecule has 0 radical (unpaired) electrons. The number of fused-ring (bicyclic) bond motifs is 2. The van der Waals surface area contributed by atoms with Crippen molar-refractivity contribution in [3.05, 3.63) is 94.1 Å². The van der Waals surface area contributed by atoms with Gasteiger partial charge in [-0.25, -0.2) is 0 Å². The van der Waals surface area contributed by atoms with Gasteiger partial charge in [0.1, 0.15) is 0 Å². The molecular weight excluding hydrogens is 296 g/mol. The molecule has 0 fully saturated rings. The Labute approximate surface area is 141 Å². The van der Waals surface area contributed by atoms with Crippen molar-refractivity contribution in [2.45, 2.75) is 25.7 Å². The van der Waals surface area contributed by atoms with E-state index in [1.54, 1.807) is 24.3 Å². The van der Waals surface area contributed by atoms with E-state index >= 15 is 0 Å². The second-order valence-electron chi connectivity index (χ2n) is 6.75. The van der Waals surface area contributed by atoms with Crippen LogP contribution in [0.2, 0.25) is 0 Å². The molecule has 0 saturated heterocycles. The van der Waals surface area contributed by atoms with E-state index in [0.717, 1.165) is 12.0 Å². The number of hydrogen-bond donors (Lipinski definition) is 0. The highest BCUT2D eigenvalue weighted by Crippen LogP contribution is 2.42. The van der Waals surface area contributed by atoms with Crippen LogP contribution in [0.15, 0.2) is 66.3 Å². The number of hydrogen-bond acceptors (Lipinski definition) is 2. The Morgan fingerprint density at radius 2 is 1.54 bits per heavy atom. The first-order valence-corrected chi connectivity index (χ1v) is 8.20. The van der Waals surface area contributed by atoms with Crippen LogP contribution in [0.3, 0.4) is 0 Å². The lowest BCUT2D eigenvalue weighted by atomic mass is 9.67. The van der Waals surface area contributed by atoms with Crippen LogP contribution >= 0.6 is 0 Å². The molecule has 24 heavy (non-hydrogen) atoms. The van der Waals surface area contributed by atoms with Gasteiger partial charge in [-0.3, -0.25) is 9.59 Å². The Balaban J connectivity index is 1.99. The van der Waals surface area contributed by atoms with Gasteiger partial charge in [0.05, 0.1) is 0 Å². The maximum Gasteiger partial charge on any atom is 0.194 e. The predicted octanol–water partition coefficient (Wildman–Crippen LogP) is 4.63. The van der Waals surface area contributed by atoms with E-state index in [9.17, 15) is 9.59 Å². The molecule has 2 aliphatic rings. The molecule has 0 bridgehead atoms. The lowest BCUT2D eigenvalue weighted by Crippen LogP contribution is -2.31. The van der Waals surface area contributed by atoms with Crippen LogP contribution in [0.4, 0.5) is 0 Å². The number of allylic oxidation sites excluding steroid dienone is 4. The molecule has 1 unspecified atom stereocenters. The summed E-state index contributed by atoms with van der Waals surface area (Å²) in [4.78, 5) is 26.1. The Hall–Kier alpha value is -2.74. The molecule has 2 aliphatic carbocycles. The molecule has 0 heterocycles. The molecule has 0 N–H and O–H groups in total. The van der Waals surface area contributed by atoms with Gasteiger partial charge >= 0.3 is 0 Å². The molecule has 4 rings (SSSR count). The number of carbonyl (C=O) groups excluding carboxylic acids is 2. The first-order valence-electron chi connectivity index (χ1n) is 8.20. The first-order chi connectivity index (χ1) is 11.5. The van der Waals surface area contributed by atoms with Gasteiger partial charge in [0, 0.05) is 27.7 Å². The molecule has 0 aromatic heterocycles. The van der Waals surface area contributed by atoms with Crippen LogP contribution < -0.4 is 0 Å². The van der Waals surface area contributed by atoms with E-state index < -0.39 is 0 Å². The summed E-state index contributed by atoms with van der Waals surface area (Å²) < 4.78 is 0. The largest absolute Gasteiger partial charge is 0.289 e. The third-order valence-corrected chi connectivity index (χ3v) is 5.43. The van der Waals surface area contributed by atoms with Crippen LogP contribution in [0, 0.1) is 0 Å². The van der Waals surface area contributed by atoms with Crippen LogP contribution in [-0.2, 0) is 5.41 Å². The molecule has 2 aromatic carbocycles. The highest BCUT2D eigenvalue weighted by Gasteiger charge is 2.38. The van der Waals surface area contributed by atoms with Crippen molar-refractivity contribution >= 4 is 11.6 Å². The summed E-state index contributed by atoms with van der Waals surface area (Å²) in [7, 11) is 0. The Kier molecular flexibility index (Phi) is 3.17. The fourth-order valence-corrected chi connectivity index (χ4v) is 3.79. The summed E-state index contributed by atoms with van der Waals surface area (Å²) in [6.45, 7) is 4.24. The quantitative estimate of drug-likeness (QED) is 0.656. The van der Waals surface area contributed by atoms with Gasteiger partial charge in [0.15, 0.2) is 11.6 Å². The molecule has 0 aliphatic heterocycles. The summed E-state index contributed by atoms with van der Waals surface area (Å²) >= 11 is 0. The van der Waals surface area contributed by atoms with Gasteiger partial charge in [-0.1, -0.05) is 73.2 Å². The van der Waals surface area contributed by atoms with Crippen molar-refractivity contribution in [3.63, 3.8) is 0 Å². The van der Waals surface area contributed by atoms with Crippen LogP contribution in [0.1, 0.15) is 57.7 Å². The molecule has 2 heteroatoms. The van der Waals surface area contributed by atoms with Crippen LogP contribution in [-0.4, -0.2) is 11.6 Å². The van der Waals surface area contributed by atoms with Crippen molar-refractivity contribution in [1.82, 2.24) is 0 Å². The smallest absolute Gasteiger partial charge is 0.194 e. The molecule has 118 valence electrons. The summed E-state index contributed by atoms with van der Waals surface area (Å²) in [6.07, 6.45) is 7.09. The third-order valence-electron chi connectivity index (χ3n) is 5.43. The van der Waals surface area contributed by atoms with Crippen LogP contribution in [0.25, 0.3) is 0 Å². The summed E-state index contributed by atoms with van der Waals surface area (Å²) in [5, 5.41) is 0. The zero-order chi connectivity index (χ0) is 16.9. The number of rotatable bonds is 1. The van der Waals surface area contributed by atoms with E-state index in [0.29, 0.717) is 22.3 Å². The molecular formula is C22H18O2. The minimum Gasteiger partial charge on any atom is -0.289 e. The topological polar surface area (TPSA) is 34.1 Å². The first kappa shape index (κ1) is 14.8. The number of carbonyl (C=O) groups is 2. The standard InChI is InChI=1S/C22H18O2/c1-14-8-5-6-13-22(14,2)18-12-7-11-17-19(18)21(24)16-10-4-3-9-15(16)20(17)23/h3-12H,13H2,1-2H3. The van der Waals surface area contributed by atoms with E-state index in [1.165, 1.54) is 5.57 Å². The monoisotopic (exact) mass is 314 g/mol.